The molecule has 94 valence electrons. The molecule has 0 aromatic heterocycles. The lowest BCUT2D eigenvalue weighted by Crippen LogP contribution is -2.48. The first-order valence-electron chi connectivity index (χ1n) is 6.32. The highest BCUT2D eigenvalue weighted by Gasteiger charge is 2.31. The van der Waals surface area contributed by atoms with Gasteiger partial charge in [-0.2, -0.15) is 0 Å². The molecular formula is C13H24ClNO. The van der Waals surface area contributed by atoms with Crippen LogP contribution in [0.1, 0.15) is 52.4 Å². The minimum Gasteiger partial charge on any atom is -0.339 e. The first-order chi connectivity index (χ1) is 7.49. The molecule has 1 saturated carbocycles. The van der Waals surface area contributed by atoms with Crippen molar-refractivity contribution in [2.45, 2.75) is 57.9 Å². The fourth-order valence-corrected chi connectivity index (χ4v) is 2.37. The summed E-state index contributed by atoms with van der Waals surface area (Å²) < 4.78 is 0. The van der Waals surface area contributed by atoms with Gasteiger partial charge in [0.2, 0.25) is 5.91 Å². The van der Waals surface area contributed by atoms with Crippen molar-refractivity contribution < 1.29 is 4.79 Å². The minimum absolute atomic E-state index is 0.231. The SMILES string of the molecule is CN(C(=O)C1CCCCCC1)C(C)(C)CCl. The summed E-state index contributed by atoms with van der Waals surface area (Å²) >= 11 is 5.91. The molecule has 0 atom stereocenters. The molecular weight excluding hydrogens is 222 g/mol. The van der Waals surface area contributed by atoms with E-state index in [2.05, 4.69) is 0 Å². The smallest absolute Gasteiger partial charge is 0.225 e. The van der Waals surface area contributed by atoms with Crippen molar-refractivity contribution in [1.29, 1.82) is 0 Å². The van der Waals surface area contributed by atoms with Crippen molar-refractivity contribution in [3.8, 4) is 0 Å². The Morgan fingerprint density at radius 3 is 2.19 bits per heavy atom. The molecule has 0 spiro atoms. The van der Waals surface area contributed by atoms with Gasteiger partial charge in [-0.15, -0.1) is 11.6 Å². The molecule has 1 fully saturated rings. The third kappa shape index (κ3) is 3.38. The molecule has 1 rings (SSSR count). The molecule has 0 bridgehead atoms. The van der Waals surface area contributed by atoms with E-state index in [0.29, 0.717) is 5.88 Å². The Bertz CT molecular complexity index is 232. The molecule has 1 aliphatic carbocycles. The summed E-state index contributed by atoms with van der Waals surface area (Å²) in [7, 11) is 1.88. The van der Waals surface area contributed by atoms with Crippen LogP contribution in [0.2, 0.25) is 0 Å². The molecule has 1 aliphatic rings. The van der Waals surface area contributed by atoms with Gasteiger partial charge in [0.05, 0.1) is 5.54 Å². The molecule has 1 amide bonds. The number of amides is 1. The van der Waals surface area contributed by atoms with E-state index in [9.17, 15) is 4.79 Å². The second-order valence-corrected chi connectivity index (χ2v) is 5.80. The van der Waals surface area contributed by atoms with Crippen molar-refractivity contribution in [2.24, 2.45) is 5.92 Å². The van der Waals surface area contributed by atoms with Gasteiger partial charge in [0.1, 0.15) is 0 Å². The monoisotopic (exact) mass is 245 g/mol. The van der Waals surface area contributed by atoms with Gasteiger partial charge < -0.3 is 4.90 Å². The zero-order chi connectivity index (χ0) is 12.2. The van der Waals surface area contributed by atoms with E-state index in [0.717, 1.165) is 12.8 Å². The van der Waals surface area contributed by atoms with E-state index in [1.807, 2.05) is 25.8 Å². The number of hydrogen-bond acceptors (Lipinski definition) is 1. The number of halogens is 1. The Labute approximate surface area is 104 Å². The van der Waals surface area contributed by atoms with Crippen LogP contribution in [0.25, 0.3) is 0 Å². The maximum absolute atomic E-state index is 12.3. The predicted octanol–water partition coefficient (Wildman–Crippen LogP) is 3.43. The van der Waals surface area contributed by atoms with Gasteiger partial charge in [0, 0.05) is 18.8 Å². The fraction of sp³-hybridized carbons (Fsp3) is 0.923. The first kappa shape index (κ1) is 13.8. The van der Waals surface area contributed by atoms with E-state index >= 15 is 0 Å². The van der Waals surface area contributed by atoms with Crippen LogP contribution in [0, 0.1) is 5.92 Å². The highest BCUT2D eigenvalue weighted by molar-refractivity contribution is 6.18. The van der Waals surface area contributed by atoms with Gasteiger partial charge in [-0.25, -0.2) is 0 Å². The van der Waals surface area contributed by atoms with E-state index < -0.39 is 0 Å². The van der Waals surface area contributed by atoms with Gasteiger partial charge in [0.25, 0.3) is 0 Å². The molecule has 0 aromatic rings. The molecule has 0 N–H and O–H groups in total. The topological polar surface area (TPSA) is 20.3 Å². The molecule has 2 nitrogen and oxygen atoms in total. The molecule has 0 aliphatic heterocycles. The summed E-state index contributed by atoms with van der Waals surface area (Å²) in [6.45, 7) is 4.04. The van der Waals surface area contributed by atoms with Gasteiger partial charge >= 0.3 is 0 Å². The van der Waals surface area contributed by atoms with E-state index in [1.165, 1.54) is 25.7 Å². The molecule has 0 heterocycles. The third-order valence-corrected chi connectivity index (χ3v) is 4.42. The highest BCUT2D eigenvalue weighted by atomic mass is 35.5. The van der Waals surface area contributed by atoms with E-state index in [4.69, 9.17) is 11.6 Å². The van der Waals surface area contributed by atoms with Crippen LogP contribution < -0.4 is 0 Å². The number of rotatable bonds is 3. The van der Waals surface area contributed by atoms with Crippen LogP contribution in [0.3, 0.4) is 0 Å². The number of alkyl halides is 1. The summed E-state index contributed by atoms with van der Waals surface area (Å²) in [6.07, 6.45) is 7.08. The summed E-state index contributed by atoms with van der Waals surface area (Å²) in [6, 6.07) is 0. The van der Waals surface area contributed by atoms with Crippen LogP contribution in [0.4, 0.5) is 0 Å². The Hall–Kier alpha value is -0.240. The van der Waals surface area contributed by atoms with Crippen LogP contribution in [0.5, 0.6) is 0 Å². The average Bonchev–Trinajstić information content (AvgIpc) is 2.55. The third-order valence-electron chi connectivity index (χ3n) is 3.77. The first-order valence-corrected chi connectivity index (χ1v) is 6.86. The summed E-state index contributed by atoms with van der Waals surface area (Å²) in [4.78, 5) is 14.2. The molecule has 3 heteroatoms. The maximum atomic E-state index is 12.3. The van der Waals surface area contributed by atoms with Gasteiger partial charge in [-0.05, 0) is 26.7 Å². The Morgan fingerprint density at radius 1 is 1.25 bits per heavy atom. The lowest BCUT2D eigenvalue weighted by molar-refractivity contribution is -0.138. The molecule has 0 aromatic carbocycles. The van der Waals surface area contributed by atoms with Crippen molar-refractivity contribution in [3.63, 3.8) is 0 Å². The maximum Gasteiger partial charge on any atom is 0.225 e. The second-order valence-electron chi connectivity index (χ2n) is 5.53. The molecule has 0 unspecified atom stereocenters. The molecule has 0 saturated heterocycles. The van der Waals surface area contributed by atoms with Crippen molar-refractivity contribution in [3.05, 3.63) is 0 Å². The van der Waals surface area contributed by atoms with Gasteiger partial charge in [0.15, 0.2) is 0 Å². The van der Waals surface area contributed by atoms with Crippen molar-refractivity contribution in [2.75, 3.05) is 12.9 Å². The van der Waals surface area contributed by atoms with Gasteiger partial charge in [-0.3, -0.25) is 4.79 Å². The molecule has 0 radical (unpaired) electrons. The summed E-state index contributed by atoms with van der Waals surface area (Å²) in [5.41, 5.74) is -0.231. The zero-order valence-electron chi connectivity index (χ0n) is 10.8. The minimum atomic E-state index is -0.231. The number of hydrogen-bond donors (Lipinski definition) is 0. The number of carbonyl (C=O) groups is 1. The van der Waals surface area contributed by atoms with Crippen molar-refractivity contribution in [1.82, 2.24) is 4.90 Å². The van der Waals surface area contributed by atoms with Crippen LogP contribution in [-0.2, 0) is 4.79 Å². The Kier molecular flexibility index (Phi) is 5.10. The van der Waals surface area contributed by atoms with Crippen LogP contribution in [0.15, 0.2) is 0 Å². The number of carbonyl (C=O) groups excluding carboxylic acids is 1. The second kappa shape index (κ2) is 5.90. The Morgan fingerprint density at radius 2 is 1.75 bits per heavy atom. The highest BCUT2D eigenvalue weighted by Crippen LogP contribution is 2.26. The normalized spacial score (nSPS) is 19.2. The number of nitrogens with zero attached hydrogens (tertiary/aromatic N) is 1. The van der Waals surface area contributed by atoms with Gasteiger partial charge in [-0.1, -0.05) is 25.7 Å². The molecule has 16 heavy (non-hydrogen) atoms. The lowest BCUT2D eigenvalue weighted by Gasteiger charge is -2.36. The summed E-state index contributed by atoms with van der Waals surface area (Å²) in [5, 5.41) is 0. The predicted molar refractivity (Wildman–Crippen MR) is 68.8 cm³/mol. The van der Waals surface area contributed by atoms with E-state index in [-0.39, 0.29) is 17.4 Å². The van der Waals surface area contributed by atoms with E-state index in [1.54, 1.807) is 0 Å². The average molecular weight is 246 g/mol. The standard InChI is InChI=1S/C13H24ClNO/c1-13(2,10-14)15(3)12(16)11-8-6-4-5-7-9-11/h11H,4-10H2,1-3H3. The fourth-order valence-electron chi connectivity index (χ4n) is 2.19. The zero-order valence-corrected chi connectivity index (χ0v) is 11.5. The van der Waals surface area contributed by atoms with Crippen molar-refractivity contribution >= 4 is 17.5 Å². The van der Waals surface area contributed by atoms with Crippen LogP contribution >= 0.6 is 11.6 Å². The largest absolute Gasteiger partial charge is 0.339 e. The summed E-state index contributed by atoms with van der Waals surface area (Å²) in [5.74, 6) is 1.00. The lowest BCUT2D eigenvalue weighted by atomic mass is 9.96. The Balaban J connectivity index is 2.61. The van der Waals surface area contributed by atoms with Crippen LogP contribution in [-0.4, -0.2) is 29.3 Å². The quantitative estimate of drug-likeness (QED) is 0.551.